The van der Waals surface area contributed by atoms with Crippen LogP contribution >= 0.6 is 0 Å². The highest BCUT2D eigenvalue weighted by Crippen LogP contribution is 2.33. The average Bonchev–Trinajstić information content (AvgIpc) is 2.74. The van der Waals surface area contributed by atoms with Crippen molar-refractivity contribution < 1.29 is 38.9 Å². The van der Waals surface area contributed by atoms with Gasteiger partial charge in [-0.3, -0.25) is 14.4 Å². The Hall–Kier alpha value is -3.34. The lowest BCUT2D eigenvalue weighted by Crippen LogP contribution is -2.56. The number of phenols is 1. The minimum Gasteiger partial charge on any atom is -0.507 e. The van der Waals surface area contributed by atoms with Crippen molar-refractivity contribution in [2.75, 3.05) is 20.3 Å². The number of ether oxygens (including phenoxy) is 2. The Morgan fingerprint density at radius 3 is 2.26 bits per heavy atom. The molecule has 0 saturated heterocycles. The van der Waals surface area contributed by atoms with Crippen LogP contribution in [0.2, 0.25) is 0 Å². The number of nitrogens with zero attached hydrogens (tertiary/aromatic N) is 1. The van der Waals surface area contributed by atoms with Gasteiger partial charge in [-0.05, 0) is 47.1 Å². The van der Waals surface area contributed by atoms with E-state index in [2.05, 4.69) is 15.4 Å². The lowest BCUT2D eigenvalue weighted by atomic mass is 9.98. The van der Waals surface area contributed by atoms with Crippen molar-refractivity contribution in [2.24, 2.45) is 0 Å². The Morgan fingerprint density at radius 1 is 1.15 bits per heavy atom. The molecule has 0 aliphatic carbocycles. The van der Waals surface area contributed by atoms with Gasteiger partial charge in [0.25, 0.3) is 0 Å². The van der Waals surface area contributed by atoms with E-state index in [1.807, 2.05) is 0 Å². The van der Waals surface area contributed by atoms with E-state index in [0.717, 1.165) is 12.0 Å². The fraction of sp³-hybridized carbons (Fsp3) is 0.565. The van der Waals surface area contributed by atoms with Crippen LogP contribution in [0.1, 0.15) is 51.8 Å². The van der Waals surface area contributed by atoms with Gasteiger partial charge in [0.2, 0.25) is 11.8 Å². The summed E-state index contributed by atoms with van der Waals surface area (Å²) in [7, 11) is 1.16. The smallest absolute Gasteiger partial charge is 0.408 e. The number of methoxy groups -OCH3 is 1. The third-order valence-corrected chi connectivity index (χ3v) is 4.71. The number of amides is 3. The second kappa shape index (κ2) is 12.2. The summed E-state index contributed by atoms with van der Waals surface area (Å²) in [5, 5.41) is 25.2. The highest BCUT2D eigenvalue weighted by atomic mass is 16.6. The zero-order valence-electron chi connectivity index (χ0n) is 20.7. The van der Waals surface area contributed by atoms with Crippen molar-refractivity contribution in [3.63, 3.8) is 0 Å². The molecule has 34 heavy (non-hydrogen) atoms. The summed E-state index contributed by atoms with van der Waals surface area (Å²) in [6.45, 7) is 8.60. The Morgan fingerprint density at radius 2 is 1.76 bits per heavy atom. The largest absolute Gasteiger partial charge is 0.507 e. The van der Waals surface area contributed by atoms with Gasteiger partial charge in [0, 0.05) is 11.6 Å². The lowest BCUT2D eigenvalue weighted by Gasteiger charge is -2.37. The van der Waals surface area contributed by atoms with Crippen LogP contribution < -0.4 is 10.6 Å². The van der Waals surface area contributed by atoms with E-state index in [-0.39, 0.29) is 11.3 Å². The number of aliphatic hydroxyl groups is 1. The summed E-state index contributed by atoms with van der Waals surface area (Å²) < 4.78 is 9.71. The Kier molecular flexibility index (Phi) is 10.3. The molecule has 1 aromatic carbocycles. The molecule has 190 valence electrons. The predicted molar refractivity (Wildman–Crippen MR) is 123 cm³/mol. The van der Waals surface area contributed by atoms with E-state index < -0.39 is 60.8 Å². The van der Waals surface area contributed by atoms with Crippen LogP contribution in [-0.4, -0.2) is 76.9 Å². The molecule has 0 heterocycles. The Balaban J connectivity index is 3.43. The standard InChI is InChI=1S/C23H35N3O8/c1-13(2)26(21(31)16(12-27)25-22(32)34-23(4,5)6)18(20(30)24-11-17(28)33-7)15-10-8-9-14(3)19(15)29/h8-10,13,16,18,27,29H,11-12H2,1-7H3,(H,24,30)(H,25,32). The van der Waals surface area contributed by atoms with Crippen LogP contribution in [0.15, 0.2) is 18.2 Å². The van der Waals surface area contributed by atoms with Gasteiger partial charge < -0.3 is 35.2 Å². The first-order valence-electron chi connectivity index (χ1n) is 10.8. The van der Waals surface area contributed by atoms with Gasteiger partial charge in [-0.25, -0.2) is 4.79 Å². The highest BCUT2D eigenvalue weighted by Gasteiger charge is 2.39. The molecule has 0 bridgehead atoms. The summed E-state index contributed by atoms with van der Waals surface area (Å²) in [6, 6.07) is 1.28. The number of esters is 1. The van der Waals surface area contributed by atoms with Gasteiger partial charge in [-0.1, -0.05) is 18.2 Å². The van der Waals surface area contributed by atoms with Gasteiger partial charge in [0.05, 0.1) is 13.7 Å². The molecule has 1 aromatic rings. The topological polar surface area (TPSA) is 154 Å². The number of aromatic hydroxyl groups is 1. The predicted octanol–water partition coefficient (Wildman–Crippen LogP) is 1.15. The highest BCUT2D eigenvalue weighted by molar-refractivity contribution is 5.93. The molecule has 11 nitrogen and oxygen atoms in total. The van der Waals surface area contributed by atoms with Crippen LogP contribution in [0, 0.1) is 6.92 Å². The normalized spacial score (nSPS) is 13.0. The number of carbonyl (C=O) groups excluding carboxylic acids is 4. The van der Waals surface area contributed by atoms with Crippen molar-refractivity contribution in [2.45, 2.75) is 65.3 Å². The molecule has 0 aromatic heterocycles. The maximum Gasteiger partial charge on any atom is 0.408 e. The first-order valence-corrected chi connectivity index (χ1v) is 10.8. The summed E-state index contributed by atoms with van der Waals surface area (Å²) in [6.07, 6.45) is -0.922. The molecule has 3 amide bonds. The molecule has 0 saturated carbocycles. The summed E-state index contributed by atoms with van der Waals surface area (Å²) >= 11 is 0. The fourth-order valence-electron chi connectivity index (χ4n) is 3.14. The molecule has 0 aliphatic rings. The van der Waals surface area contributed by atoms with Crippen molar-refractivity contribution in [3.8, 4) is 5.75 Å². The van der Waals surface area contributed by atoms with Crippen molar-refractivity contribution in [3.05, 3.63) is 29.3 Å². The number of benzene rings is 1. The molecule has 0 fully saturated rings. The first kappa shape index (κ1) is 28.7. The van der Waals surface area contributed by atoms with Crippen LogP contribution in [-0.2, 0) is 23.9 Å². The van der Waals surface area contributed by atoms with E-state index in [9.17, 15) is 29.4 Å². The maximum absolute atomic E-state index is 13.5. The van der Waals surface area contributed by atoms with Gasteiger partial charge in [0.1, 0.15) is 30.0 Å². The summed E-state index contributed by atoms with van der Waals surface area (Å²) in [5.74, 6) is -2.47. The molecular formula is C23H35N3O8. The van der Waals surface area contributed by atoms with E-state index in [0.29, 0.717) is 5.56 Å². The quantitative estimate of drug-likeness (QED) is 0.383. The molecule has 1 rings (SSSR count). The Bertz CT molecular complexity index is 895. The molecule has 2 atom stereocenters. The number of rotatable bonds is 9. The third kappa shape index (κ3) is 7.91. The number of nitrogens with one attached hydrogen (secondary N) is 2. The lowest BCUT2D eigenvalue weighted by molar-refractivity contribution is -0.146. The number of aliphatic hydroxyl groups excluding tert-OH is 1. The van der Waals surface area contributed by atoms with Crippen LogP contribution in [0.3, 0.4) is 0 Å². The van der Waals surface area contributed by atoms with E-state index in [1.54, 1.807) is 53.7 Å². The Labute approximate surface area is 199 Å². The van der Waals surface area contributed by atoms with Crippen molar-refractivity contribution in [1.82, 2.24) is 15.5 Å². The number of hydrogen-bond donors (Lipinski definition) is 4. The van der Waals surface area contributed by atoms with Crippen LogP contribution in [0.4, 0.5) is 4.79 Å². The molecule has 11 heteroatoms. The third-order valence-electron chi connectivity index (χ3n) is 4.71. The molecule has 4 N–H and O–H groups in total. The summed E-state index contributed by atoms with van der Waals surface area (Å²) in [4.78, 5) is 51.6. The minimum absolute atomic E-state index is 0.110. The van der Waals surface area contributed by atoms with E-state index in [4.69, 9.17) is 4.74 Å². The number of phenolic OH excluding ortho intramolecular Hbond substituents is 1. The SMILES string of the molecule is COC(=O)CNC(=O)C(c1cccc(C)c1O)N(C(=O)C(CO)NC(=O)OC(C)(C)C)C(C)C. The molecule has 0 aliphatic heterocycles. The molecule has 0 radical (unpaired) electrons. The summed E-state index contributed by atoms with van der Waals surface area (Å²) in [5.41, 5.74) is -0.266. The molecule has 2 unspecified atom stereocenters. The van der Waals surface area contributed by atoms with E-state index >= 15 is 0 Å². The number of alkyl carbamates (subject to hydrolysis) is 1. The zero-order valence-corrected chi connectivity index (χ0v) is 20.7. The minimum atomic E-state index is -1.43. The second-order valence-electron chi connectivity index (χ2n) is 8.93. The maximum atomic E-state index is 13.5. The number of para-hydroxylation sites is 1. The zero-order chi connectivity index (χ0) is 26.2. The second-order valence-corrected chi connectivity index (χ2v) is 8.93. The monoisotopic (exact) mass is 481 g/mol. The van der Waals surface area contributed by atoms with Gasteiger partial charge in [0.15, 0.2) is 0 Å². The first-order chi connectivity index (χ1) is 15.7. The number of carbonyl (C=O) groups is 4. The van der Waals surface area contributed by atoms with Crippen LogP contribution in [0.25, 0.3) is 0 Å². The van der Waals surface area contributed by atoms with Gasteiger partial charge in [-0.15, -0.1) is 0 Å². The number of hydrogen-bond acceptors (Lipinski definition) is 8. The van der Waals surface area contributed by atoms with Crippen LogP contribution in [0.5, 0.6) is 5.75 Å². The van der Waals surface area contributed by atoms with E-state index in [1.165, 1.54) is 6.07 Å². The van der Waals surface area contributed by atoms with Gasteiger partial charge >= 0.3 is 12.1 Å². The van der Waals surface area contributed by atoms with Crippen molar-refractivity contribution >= 4 is 23.9 Å². The fourth-order valence-corrected chi connectivity index (χ4v) is 3.14. The van der Waals surface area contributed by atoms with Crippen molar-refractivity contribution in [1.29, 1.82) is 0 Å². The number of aryl methyl sites for hydroxylation is 1. The molecular weight excluding hydrogens is 446 g/mol. The van der Waals surface area contributed by atoms with Gasteiger partial charge in [-0.2, -0.15) is 0 Å². The average molecular weight is 482 g/mol. The molecule has 0 spiro atoms.